The molecule has 10 heavy (non-hydrogen) atoms. The van der Waals surface area contributed by atoms with Crippen molar-refractivity contribution in [2.24, 2.45) is 0 Å². The maximum atomic E-state index is 3.88. The minimum atomic E-state index is 0.660. The fourth-order valence-corrected chi connectivity index (χ4v) is 0.428. The van der Waals surface area contributed by atoms with E-state index in [1.807, 2.05) is 13.8 Å². The lowest BCUT2D eigenvalue weighted by Crippen LogP contribution is -1.92. The molecule has 3 nitrogen and oxygen atoms in total. The second kappa shape index (κ2) is 6.01. The minimum absolute atomic E-state index is 0.660. The van der Waals surface area contributed by atoms with Gasteiger partial charge in [0.15, 0.2) is 0 Å². The Morgan fingerprint density at radius 3 is 2.00 bits per heavy atom. The van der Waals surface area contributed by atoms with Gasteiger partial charge in [0.2, 0.25) is 5.95 Å². The van der Waals surface area contributed by atoms with Crippen LogP contribution in [0, 0.1) is 0 Å². The molecular formula is C7H13N3. The third-order valence-electron chi connectivity index (χ3n) is 0.789. The van der Waals surface area contributed by atoms with Gasteiger partial charge in [-0.2, -0.15) is 0 Å². The topological polar surface area (TPSA) is 37.8 Å². The van der Waals surface area contributed by atoms with E-state index >= 15 is 0 Å². The van der Waals surface area contributed by atoms with Crippen LogP contribution >= 0.6 is 0 Å². The number of hydrogen-bond acceptors (Lipinski definition) is 3. The zero-order chi connectivity index (χ0) is 7.82. The Morgan fingerprint density at radius 1 is 1.20 bits per heavy atom. The summed E-state index contributed by atoms with van der Waals surface area (Å²) in [7, 11) is 1.79. The van der Waals surface area contributed by atoms with Crippen LogP contribution in [0.1, 0.15) is 13.8 Å². The highest BCUT2D eigenvalue weighted by molar-refractivity contribution is 5.19. The zero-order valence-electron chi connectivity index (χ0n) is 6.63. The van der Waals surface area contributed by atoms with Crippen LogP contribution in [0.5, 0.6) is 0 Å². The number of nitrogens with zero attached hydrogens (tertiary/aromatic N) is 2. The lowest BCUT2D eigenvalue weighted by atomic mass is 10.7. The third kappa shape index (κ3) is 3.02. The van der Waals surface area contributed by atoms with Crippen molar-refractivity contribution in [1.82, 2.24) is 9.97 Å². The van der Waals surface area contributed by atoms with Crippen LogP contribution in [0.15, 0.2) is 18.5 Å². The van der Waals surface area contributed by atoms with Crippen LogP contribution in [0.25, 0.3) is 0 Å². The molecule has 0 aliphatic rings. The monoisotopic (exact) mass is 139 g/mol. The molecule has 0 spiro atoms. The van der Waals surface area contributed by atoms with Crippen molar-refractivity contribution in [3.8, 4) is 0 Å². The molecule has 0 amide bonds. The first-order valence-corrected chi connectivity index (χ1v) is 3.38. The first kappa shape index (κ1) is 8.88. The van der Waals surface area contributed by atoms with Gasteiger partial charge in [-0.3, -0.25) is 0 Å². The predicted molar refractivity (Wildman–Crippen MR) is 42.9 cm³/mol. The second-order valence-electron chi connectivity index (χ2n) is 1.32. The third-order valence-corrected chi connectivity index (χ3v) is 0.789. The van der Waals surface area contributed by atoms with Crippen molar-refractivity contribution in [3.63, 3.8) is 0 Å². The SMILES string of the molecule is CC.CNc1ncccn1. The van der Waals surface area contributed by atoms with Gasteiger partial charge in [-0.15, -0.1) is 0 Å². The zero-order valence-corrected chi connectivity index (χ0v) is 6.63. The van der Waals surface area contributed by atoms with Gasteiger partial charge < -0.3 is 5.32 Å². The molecule has 0 fully saturated rings. The Hall–Kier alpha value is -1.12. The lowest BCUT2D eigenvalue weighted by molar-refractivity contribution is 1.15. The fourth-order valence-electron chi connectivity index (χ4n) is 0.428. The average Bonchev–Trinajstić information content (AvgIpc) is 2.10. The molecule has 56 valence electrons. The van der Waals surface area contributed by atoms with Crippen molar-refractivity contribution in [2.75, 3.05) is 12.4 Å². The Balaban J connectivity index is 0.000000371. The van der Waals surface area contributed by atoms with Crippen LogP contribution < -0.4 is 5.32 Å². The molecule has 1 N–H and O–H groups in total. The van der Waals surface area contributed by atoms with E-state index < -0.39 is 0 Å². The van der Waals surface area contributed by atoms with Gasteiger partial charge in [-0.25, -0.2) is 9.97 Å². The average molecular weight is 139 g/mol. The van der Waals surface area contributed by atoms with E-state index in [0.717, 1.165) is 0 Å². The minimum Gasteiger partial charge on any atom is -0.357 e. The number of hydrogen-bond donors (Lipinski definition) is 1. The Bertz CT molecular complexity index is 150. The molecule has 0 aliphatic carbocycles. The van der Waals surface area contributed by atoms with Crippen molar-refractivity contribution in [2.45, 2.75) is 13.8 Å². The molecule has 3 heteroatoms. The normalized spacial score (nSPS) is 7.50. The molecule has 0 saturated carbocycles. The van der Waals surface area contributed by atoms with Crippen LogP contribution in [0.3, 0.4) is 0 Å². The molecule has 1 heterocycles. The predicted octanol–water partition coefficient (Wildman–Crippen LogP) is 1.54. The van der Waals surface area contributed by atoms with E-state index in [4.69, 9.17) is 0 Å². The molecule has 0 radical (unpaired) electrons. The summed E-state index contributed by atoms with van der Waals surface area (Å²) in [5.74, 6) is 0.660. The maximum Gasteiger partial charge on any atom is 0.222 e. The lowest BCUT2D eigenvalue weighted by Gasteiger charge is -1.91. The molecule has 0 bridgehead atoms. The standard InChI is InChI=1S/C5H7N3.C2H6/c1-6-5-7-3-2-4-8-5;1-2/h2-4H,1H3,(H,6,7,8);1-2H3. The Labute approximate surface area is 61.5 Å². The summed E-state index contributed by atoms with van der Waals surface area (Å²) in [4.78, 5) is 7.75. The van der Waals surface area contributed by atoms with Crippen LogP contribution in [0.4, 0.5) is 5.95 Å². The van der Waals surface area contributed by atoms with E-state index in [9.17, 15) is 0 Å². The summed E-state index contributed by atoms with van der Waals surface area (Å²) in [5.41, 5.74) is 0. The smallest absolute Gasteiger partial charge is 0.222 e. The molecule has 0 atom stereocenters. The van der Waals surface area contributed by atoms with E-state index in [-0.39, 0.29) is 0 Å². The Morgan fingerprint density at radius 2 is 1.70 bits per heavy atom. The fraction of sp³-hybridized carbons (Fsp3) is 0.429. The van der Waals surface area contributed by atoms with Gasteiger partial charge >= 0.3 is 0 Å². The number of rotatable bonds is 1. The first-order chi connectivity index (χ1) is 4.93. The van der Waals surface area contributed by atoms with Gasteiger partial charge in [0.1, 0.15) is 0 Å². The Kier molecular flexibility index (Phi) is 5.33. The van der Waals surface area contributed by atoms with Crippen molar-refractivity contribution in [3.05, 3.63) is 18.5 Å². The van der Waals surface area contributed by atoms with Crippen LogP contribution in [0.2, 0.25) is 0 Å². The van der Waals surface area contributed by atoms with Crippen molar-refractivity contribution < 1.29 is 0 Å². The number of aromatic nitrogens is 2. The van der Waals surface area contributed by atoms with E-state index in [0.29, 0.717) is 5.95 Å². The molecule has 0 saturated heterocycles. The van der Waals surface area contributed by atoms with Crippen LogP contribution in [-0.4, -0.2) is 17.0 Å². The van der Waals surface area contributed by atoms with Gasteiger partial charge in [0, 0.05) is 19.4 Å². The van der Waals surface area contributed by atoms with Crippen molar-refractivity contribution >= 4 is 5.95 Å². The largest absolute Gasteiger partial charge is 0.357 e. The first-order valence-electron chi connectivity index (χ1n) is 3.38. The number of anilines is 1. The number of nitrogens with one attached hydrogen (secondary N) is 1. The van der Waals surface area contributed by atoms with E-state index in [2.05, 4.69) is 15.3 Å². The molecule has 1 aromatic rings. The highest BCUT2D eigenvalue weighted by Crippen LogP contribution is 1.88. The molecule has 0 aliphatic heterocycles. The summed E-state index contributed by atoms with van der Waals surface area (Å²) in [6, 6.07) is 1.78. The molecule has 0 aromatic carbocycles. The summed E-state index contributed by atoms with van der Waals surface area (Å²) in [6.45, 7) is 4.00. The summed E-state index contributed by atoms with van der Waals surface area (Å²) >= 11 is 0. The molecule has 1 rings (SSSR count). The van der Waals surface area contributed by atoms with Gasteiger partial charge in [-0.1, -0.05) is 13.8 Å². The van der Waals surface area contributed by atoms with E-state index in [1.54, 1.807) is 25.5 Å². The molecular weight excluding hydrogens is 126 g/mol. The summed E-state index contributed by atoms with van der Waals surface area (Å²) < 4.78 is 0. The molecule has 0 unspecified atom stereocenters. The highest BCUT2D eigenvalue weighted by Gasteiger charge is 1.81. The van der Waals surface area contributed by atoms with Gasteiger partial charge in [0.05, 0.1) is 0 Å². The van der Waals surface area contributed by atoms with Gasteiger partial charge in [-0.05, 0) is 6.07 Å². The molecule has 1 aromatic heterocycles. The second-order valence-corrected chi connectivity index (χ2v) is 1.32. The van der Waals surface area contributed by atoms with Gasteiger partial charge in [0.25, 0.3) is 0 Å². The summed E-state index contributed by atoms with van der Waals surface area (Å²) in [5, 5.41) is 2.80. The highest BCUT2D eigenvalue weighted by atomic mass is 15.1. The van der Waals surface area contributed by atoms with Crippen LogP contribution in [-0.2, 0) is 0 Å². The quantitative estimate of drug-likeness (QED) is 0.641. The van der Waals surface area contributed by atoms with Crippen molar-refractivity contribution in [1.29, 1.82) is 0 Å². The van der Waals surface area contributed by atoms with E-state index in [1.165, 1.54) is 0 Å². The summed E-state index contributed by atoms with van der Waals surface area (Å²) in [6.07, 6.45) is 3.39. The maximum absolute atomic E-state index is 3.88.